The monoisotopic (exact) mass is 1010 g/mol. The van der Waals surface area contributed by atoms with Gasteiger partial charge in [0, 0.05) is 50.4 Å². The zero-order valence-electron chi connectivity index (χ0n) is 42.7. The Morgan fingerprint density at radius 3 is 0.646 bits per heavy atom. The molecule has 3 spiro atoms. The van der Waals surface area contributed by atoms with Gasteiger partial charge in [-0.3, -0.25) is 0 Å². The Bertz CT molecular complexity index is 4040. The lowest BCUT2D eigenvalue weighted by Gasteiger charge is -2.40. The first-order chi connectivity index (χ1) is 39.2. The van der Waals surface area contributed by atoms with Crippen LogP contribution in [0.2, 0.25) is 0 Å². The molecular formula is C75H45NO3. The lowest BCUT2D eigenvalue weighted by atomic mass is 9.66. The maximum absolute atomic E-state index is 6.83. The molecule has 0 radical (unpaired) electrons. The molecule has 368 valence electrons. The molecule has 0 fully saturated rings. The first-order valence-corrected chi connectivity index (χ1v) is 27.3. The highest BCUT2D eigenvalue weighted by Gasteiger charge is 2.55. The SMILES string of the molecule is c1ccc2c(c1)Oc1ccccc1C21c2ccccc2-c2ccc(N(c3ccc4c(c3)C3(c5ccccc5Oc5ccccc53)c3ccccc3-4)c3ccc4c(c3)C3(c5ccccc5Oc5ccccc53)c3ccccc3-4)cc21. The van der Waals surface area contributed by atoms with Gasteiger partial charge in [0.15, 0.2) is 0 Å². The van der Waals surface area contributed by atoms with Crippen molar-refractivity contribution in [1.29, 1.82) is 0 Å². The second-order valence-corrected chi connectivity index (χ2v) is 21.7. The van der Waals surface area contributed by atoms with Gasteiger partial charge in [-0.05, 0) is 140 Å². The Hall–Kier alpha value is -10.2. The van der Waals surface area contributed by atoms with Crippen molar-refractivity contribution in [2.45, 2.75) is 16.2 Å². The fraction of sp³-hybridized carbons (Fsp3) is 0.0400. The van der Waals surface area contributed by atoms with Crippen LogP contribution in [0.25, 0.3) is 33.4 Å². The van der Waals surface area contributed by atoms with Crippen molar-refractivity contribution in [2.75, 3.05) is 4.90 Å². The predicted octanol–water partition coefficient (Wildman–Crippen LogP) is 18.6. The van der Waals surface area contributed by atoms with E-state index in [9.17, 15) is 0 Å². The standard InChI is InChI=1S/C75H45NO3/c1-4-22-55-49(19-1)52-40-37-46(43-64(52)73(55)58-25-7-13-31-67(58)77-68-32-14-8-26-59(68)73)76(47-38-41-53-50-20-2-5-23-56(50)74(65(53)44-47)60-27-9-15-33-69(60)78-70-34-16-10-28-61(70)74)48-39-42-54-51-21-3-6-24-57(51)75(66(54)45-48)62-29-11-17-35-71(62)79-72-36-18-12-30-63(72)75/h1-45H. The third-order valence-corrected chi connectivity index (χ3v) is 18.3. The molecule has 3 heterocycles. The number of benzene rings is 12. The van der Waals surface area contributed by atoms with E-state index in [2.05, 4.69) is 278 Å². The fourth-order valence-electron chi connectivity index (χ4n) is 15.4. The Morgan fingerprint density at radius 1 is 0.190 bits per heavy atom. The van der Waals surface area contributed by atoms with E-state index < -0.39 is 16.2 Å². The van der Waals surface area contributed by atoms with E-state index in [1.54, 1.807) is 0 Å². The van der Waals surface area contributed by atoms with Gasteiger partial charge in [0.1, 0.15) is 34.5 Å². The van der Waals surface area contributed by atoms with Gasteiger partial charge >= 0.3 is 0 Å². The van der Waals surface area contributed by atoms with Crippen LogP contribution in [0.15, 0.2) is 273 Å². The highest BCUT2D eigenvalue weighted by Crippen LogP contribution is 2.67. The lowest BCUT2D eigenvalue weighted by Crippen LogP contribution is -2.32. The molecule has 3 aliphatic carbocycles. The number of ether oxygens (including phenoxy) is 3. The Labute approximate surface area is 457 Å². The van der Waals surface area contributed by atoms with Crippen LogP contribution >= 0.6 is 0 Å². The van der Waals surface area contributed by atoms with Crippen LogP contribution in [0.5, 0.6) is 34.5 Å². The minimum atomic E-state index is -0.669. The number of nitrogens with zero attached hydrogens (tertiary/aromatic N) is 1. The van der Waals surface area contributed by atoms with Crippen LogP contribution in [0.3, 0.4) is 0 Å². The first kappa shape index (κ1) is 43.0. The van der Waals surface area contributed by atoms with Crippen molar-refractivity contribution in [3.8, 4) is 67.9 Å². The summed E-state index contributed by atoms with van der Waals surface area (Å²) in [5.41, 5.74) is 22.6. The number of hydrogen-bond donors (Lipinski definition) is 0. The van der Waals surface area contributed by atoms with E-state index in [4.69, 9.17) is 14.2 Å². The van der Waals surface area contributed by atoms with E-state index in [-0.39, 0.29) is 0 Å². The van der Waals surface area contributed by atoms with E-state index in [1.807, 2.05) is 0 Å². The largest absolute Gasteiger partial charge is 0.457 e. The summed E-state index contributed by atoms with van der Waals surface area (Å²) in [6, 6.07) is 100. The van der Waals surface area contributed by atoms with Crippen molar-refractivity contribution in [3.63, 3.8) is 0 Å². The van der Waals surface area contributed by atoms with Crippen molar-refractivity contribution in [2.24, 2.45) is 0 Å². The van der Waals surface area contributed by atoms with Crippen molar-refractivity contribution in [1.82, 2.24) is 0 Å². The molecule has 0 amide bonds. The van der Waals surface area contributed by atoms with E-state index in [0.29, 0.717) is 0 Å². The van der Waals surface area contributed by atoms with Gasteiger partial charge in [-0.25, -0.2) is 0 Å². The van der Waals surface area contributed by atoms with Crippen LogP contribution < -0.4 is 19.1 Å². The minimum Gasteiger partial charge on any atom is -0.457 e. The van der Waals surface area contributed by atoms with Crippen LogP contribution in [0.4, 0.5) is 17.1 Å². The molecule has 0 unspecified atom stereocenters. The minimum absolute atomic E-state index is 0.669. The molecule has 18 rings (SSSR count). The maximum atomic E-state index is 6.83. The molecule has 0 N–H and O–H groups in total. The molecule has 0 saturated heterocycles. The fourth-order valence-corrected chi connectivity index (χ4v) is 15.4. The maximum Gasteiger partial charge on any atom is 0.132 e. The second kappa shape index (κ2) is 15.5. The number of fused-ring (bicyclic) bond motifs is 27. The molecule has 3 aliphatic heterocycles. The first-order valence-electron chi connectivity index (χ1n) is 27.3. The topological polar surface area (TPSA) is 30.9 Å². The Morgan fingerprint density at radius 2 is 0.392 bits per heavy atom. The number of anilines is 3. The van der Waals surface area contributed by atoms with Gasteiger partial charge in [0.25, 0.3) is 0 Å². The Kier molecular flexibility index (Phi) is 8.44. The van der Waals surface area contributed by atoms with Crippen molar-refractivity contribution >= 4 is 17.1 Å². The molecule has 0 aromatic heterocycles. The summed E-state index contributed by atoms with van der Waals surface area (Å²) in [5.74, 6) is 5.21. The summed E-state index contributed by atoms with van der Waals surface area (Å²) in [7, 11) is 0. The normalized spacial score (nSPS) is 15.2. The molecular weight excluding hydrogens is 963 g/mol. The Balaban J connectivity index is 0.946. The average Bonchev–Trinajstić information content (AvgIpc) is 3.86. The summed E-state index contributed by atoms with van der Waals surface area (Å²) in [4.78, 5) is 2.52. The summed E-state index contributed by atoms with van der Waals surface area (Å²) < 4.78 is 20.5. The van der Waals surface area contributed by atoms with Crippen LogP contribution in [-0.2, 0) is 16.2 Å². The van der Waals surface area contributed by atoms with Crippen LogP contribution in [0, 0.1) is 0 Å². The van der Waals surface area contributed by atoms with Crippen molar-refractivity contribution in [3.05, 3.63) is 340 Å². The summed E-state index contributed by atoms with van der Waals surface area (Å²) in [5, 5.41) is 0. The molecule has 12 aromatic carbocycles. The van der Waals surface area contributed by atoms with Gasteiger partial charge in [0.2, 0.25) is 0 Å². The quantitative estimate of drug-likeness (QED) is 0.176. The van der Waals surface area contributed by atoms with Gasteiger partial charge in [-0.2, -0.15) is 0 Å². The molecule has 0 saturated carbocycles. The summed E-state index contributed by atoms with van der Waals surface area (Å²) >= 11 is 0. The number of para-hydroxylation sites is 6. The zero-order valence-corrected chi connectivity index (χ0v) is 42.7. The van der Waals surface area contributed by atoms with Gasteiger partial charge in [-0.15, -0.1) is 0 Å². The van der Waals surface area contributed by atoms with Crippen molar-refractivity contribution < 1.29 is 14.2 Å². The predicted molar refractivity (Wildman–Crippen MR) is 313 cm³/mol. The third kappa shape index (κ3) is 5.29. The number of hydrogen-bond acceptors (Lipinski definition) is 4. The highest BCUT2D eigenvalue weighted by molar-refractivity contribution is 5.96. The van der Waals surface area contributed by atoms with Gasteiger partial charge in [-0.1, -0.05) is 200 Å². The molecule has 4 heteroatoms. The smallest absolute Gasteiger partial charge is 0.132 e. The zero-order chi connectivity index (χ0) is 51.6. The second-order valence-electron chi connectivity index (χ2n) is 21.7. The average molecular weight is 1010 g/mol. The molecule has 79 heavy (non-hydrogen) atoms. The third-order valence-electron chi connectivity index (χ3n) is 18.3. The van der Waals surface area contributed by atoms with Gasteiger partial charge in [0.05, 0.1) is 16.2 Å². The number of rotatable bonds is 3. The van der Waals surface area contributed by atoms with E-state index in [1.165, 1.54) is 66.8 Å². The lowest BCUT2D eigenvalue weighted by molar-refractivity contribution is 0.436. The molecule has 0 bridgehead atoms. The molecule has 12 aromatic rings. The van der Waals surface area contributed by atoms with E-state index in [0.717, 1.165) is 84.9 Å². The van der Waals surface area contributed by atoms with E-state index >= 15 is 0 Å². The van der Waals surface area contributed by atoms with Crippen LogP contribution in [0.1, 0.15) is 66.8 Å². The molecule has 0 atom stereocenters. The van der Waals surface area contributed by atoms with Gasteiger partial charge < -0.3 is 19.1 Å². The highest BCUT2D eigenvalue weighted by atomic mass is 16.5. The summed E-state index contributed by atoms with van der Waals surface area (Å²) in [6.07, 6.45) is 0. The summed E-state index contributed by atoms with van der Waals surface area (Å²) in [6.45, 7) is 0. The van der Waals surface area contributed by atoms with Crippen LogP contribution in [-0.4, -0.2) is 0 Å². The molecule has 6 aliphatic rings. The molecule has 4 nitrogen and oxygen atoms in total.